The number of aromatic nitrogens is 2. The highest BCUT2D eigenvalue weighted by atomic mass is 16.7. The number of hydrogen-bond donors (Lipinski definition) is 2. The molecule has 1 aromatic heterocycles. The van der Waals surface area contributed by atoms with Crippen molar-refractivity contribution in [3.05, 3.63) is 52.9 Å². The number of aromatic amines is 1. The second-order valence-electron chi connectivity index (χ2n) is 11.8. The van der Waals surface area contributed by atoms with Crippen LogP contribution < -0.4 is 21.6 Å². The highest BCUT2D eigenvalue weighted by molar-refractivity contribution is 6.62. The van der Waals surface area contributed by atoms with Gasteiger partial charge in [-0.05, 0) is 57.4 Å². The summed E-state index contributed by atoms with van der Waals surface area (Å²) in [6.07, 6.45) is -1.31. The molecule has 0 bridgehead atoms. The molecule has 1 saturated heterocycles. The van der Waals surface area contributed by atoms with Gasteiger partial charge in [-0.2, -0.15) is 0 Å². The van der Waals surface area contributed by atoms with Crippen LogP contribution in [0.15, 0.2) is 47.3 Å². The molecule has 1 aliphatic rings. The number of carbonyl (C=O) groups is 1. The lowest BCUT2D eigenvalue weighted by Crippen LogP contribution is -2.41. The van der Waals surface area contributed by atoms with Crippen molar-refractivity contribution in [3.8, 4) is 11.4 Å². The minimum Gasteiger partial charge on any atom is -0.491 e. The van der Waals surface area contributed by atoms with Crippen molar-refractivity contribution < 1.29 is 28.3 Å². The third-order valence-corrected chi connectivity index (χ3v) is 7.30. The van der Waals surface area contributed by atoms with Crippen LogP contribution >= 0.6 is 0 Å². The van der Waals surface area contributed by atoms with Crippen molar-refractivity contribution in [1.82, 2.24) is 9.55 Å². The molecule has 1 fully saturated rings. The van der Waals surface area contributed by atoms with E-state index in [0.29, 0.717) is 22.5 Å². The highest BCUT2D eigenvalue weighted by Gasteiger charge is 2.51. The smallest absolute Gasteiger partial charge is 0.491 e. The summed E-state index contributed by atoms with van der Waals surface area (Å²) in [5, 5.41) is 0. The number of nitrogens with two attached hydrogens (primary N) is 1. The first-order valence-electron chi connectivity index (χ1n) is 13.1. The first-order chi connectivity index (χ1) is 18.2. The Balaban J connectivity index is 1.46. The summed E-state index contributed by atoms with van der Waals surface area (Å²) in [5.41, 5.74) is 6.53. The zero-order chi connectivity index (χ0) is 28.6. The molecule has 11 heteroatoms. The Bertz CT molecular complexity index is 1370. The molecule has 3 aromatic rings. The van der Waals surface area contributed by atoms with Gasteiger partial charge in [0, 0.05) is 11.5 Å². The Morgan fingerprint density at radius 1 is 1.08 bits per heavy atom. The van der Waals surface area contributed by atoms with E-state index in [4.69, 9.17) is 29.3 Å². The number of carbonyl (C=O) groups excluding carboxylic acids is 1. The number of nitrogens with zero attached hydrogens (tertiary/aromatic N) is 1. The monoisotopic (exact) mass is 539 g/mol. The van der Waals surface area contributed by atoms with Gasteiger partial charge in [0.05, 0.1) is 41.1 Å². The number of fused-ring (bicyclic) bond motifs is 1. The number of imidazole rings is 1. The Hall–Kier alpha value is -3.28. The lowest BCUT2D eigenvalue weighted by atomic mass is 9.79. The van der Waals surface area contributed by atoms with Crippen LogP contribution in [-0.2, 0) is 18.8 Å². The number of benzene rings is 2. The summed E-state index contributed by atoms with van der Waals surface area (Å²) in [5.74, 6) is 0.584. The fourth-order valence-electron chi connectivity index (χ4n) is 4.22. The van der Waals surface area contributed by atoms with Crippen LogP contribution in [-0.4, -0.2) is 59.9 Å². The third-order valence-electron chi connectivity index (χ3n) is 7.30. The standard InChI is InChI=1S/C28H38BN3O7/c1-26(2,3)23(37-24(30)33)17-35-13-14-36-20-10-8-9-19(16-20)32-22-15-18(11-12-21(22)31-25(32)34)29-38-27(4,5)28(6,7)39-29/h8-12,15-16,23H,13-14,17H2,1-7H3,(H2,30,33)(H,31,34). The van der Waals surface area contributed by atoms with Crippen molar-refractivity contribution in [2.75, 3.05) is 19.8 Å². The summed E-state index contributed by atoms with van der Waals surface area (Å²) in [6.45, 7) is 14.6. The van der Waals surface area contributed by atoms with Crippen LogP contribution in [0.5, 0.6) is 5.75 Å². The first kappa shape index (κ1) is 28.7. The van der Waals surface area contributed by atoms with Crippen LogP contribution in [0.1, 0.15) is 48.5 Å². The molecule has 2 aromatic carbocycles. The maximum Gasteiger partial charge on any atom is 0.494 e. The lowest BCUT2D eigenvalue weighted by molar-refractivity contribution is -0.0334. The van der Waals surface area contributed by atoms with Crippen molar-refractivity contribution in [1.29, 1.82) is 0 Å². The molecule has 1 aliphatic heterocycles. The molecule has 1 unspecified atom stereocenters. The summed E-state index contributed by atoms with van der Waals surface area (Å²) < 4.78 is 30.7. The van der Waals surface area contributed by atoms with Gasteiger partial charge >= 0.3 is 18.9 Å². The summed E-state index contributed by atoms with van der Waals surface area (Å²) in [7, 11) is -0.543. The average Bonchev–Trinajstić information content (AvgIpc) is 3.27. The predicted octanol–water partition coefficient (Wildman–Crippen LogP) is 3.52. The molecular weight excluding hydrogens is 501 g/mol. The molecule has 10 nitrogen and oxygen atoms in total. The molecule has 0 aliphatic carbocycles. The van der Waals surface area contributed by atoms with Crippen molar-refractivity contribution in [2.24, 2.45) is 11.1 Å². The highest BCUT2D eigenvalue weighted by Crippen LogP contribution is 2.36. The van der Waals surface area contributed by atoms with E-state index in [9.17, 15) is 9.59 Å². The van der Waals surface area contributed by atoms with Gasteiger partial charge in [-0.3, -0.25) is 4.57 Å². The van der Waals surface area contributed by atoms with Crippen LogP contribution in [0.3, 0.4) is 0 Å². The van der Waals surface area contributed by atoms with E-state index in [-0.39, 0.29) is 30.9 Å². The third kappa shape index (κ3) is 6.32. The van der Waals surface area contributed by atoms with Gasteiger partial charge in [0.15, 0.2) is 0 Å². The van der Waals surface area contributed by atoms with Gasteiger partial charge in [0.25, 0.3) is 0 Å². The minimum atomic E-state index is -0.831. The second-order valence-corrected chi connectivity index (χ2v) is 11.8. The van der Waals surface area contributed by atoms with E-state index in [2.05, 4.69) is 4.98 Å². The number of nitrogens with one attached hydrogen (secondary N) is 1. The van der Waals surface area contributed by atoms with Crippen LogP contribution in [0.25, 0.3) is 16.7 Å². The van der Waals surface area contributed by atoms with E-state index in [1.807, 2.05) is 84.9 Å². The topological polar surface area (TPSA) is 127 Å². The van der Waals surface area contributed by atoms with Gasteiger partial charge in [0.2, 0.25) is 0 Å². The Labute approximate surface area is 228 Å². The molecule has 3 N–H and O–H groups in total. The molecule has 0 radical (unpaired) electrons. The quantitative estimate of drug-likeness (QED) is 0.315. The maximum absolute atomic E-state index is 12.9. The van der Waals surface area contributed by atoms with Gasteiger partial charge in [0.1, 0.15) is 18.5 Å². The number of H-pyrrole nitrogens is 1. The van der Waals surface area contributed by atoms with Crippen molar-refractivity contribution >= 4 is 29.7 Å². The number of ether oxygens (including phenoxy) is 3. The molecule has 39 heavy (non-hydrogen) atoms. The van der Waals surface area contributed by atoms with Crippen LogP contribution in [0.4, 0.5) is 4.79 Å². The molecule has 210 valence electrons. The zero-order valence-electron chi connectivity index (χ0n) is 23.7. The molecular formula is C28H38BN3O7. The van der Waals surface area contributed by atoms with E-state index >= 15 is 0 Å². The van der Waals surface area contributed by atoms with Crippen LogP contribution in [0.2, 0.25) is 0 Å². The second kappa shape index (κ2) is 10.7. The predicted molar refractivity (Wildman–Crippen MR) is 150 cm³/mol. The van der Waals surface area contributed by atoms with E-state index in [1.165, 1.54) is 0 Å². The van der Waals surface area contributed by atoms with E-state index in [1.54, 1.807) is 10.6 Å². The van der Waals surface area contributed by atoms with E-state index in [0.717, 1.165) is 5.46 Å². The Morgan fingerprint density at radius 3 is 2.41 bits per heavy atom. The molecule has 1 amide bonds. The van der Waals surface area contributed by atoms with Gasteiger partial charge in [-0.25, -0.2) is 9.59 Å². The number of rotatable bonds is 9. The summed E-state index contributed by atoms with van der Waals surface area (Å²) in [4.78, 5) is 27.0. The number of amides is 1. The number of hydrogen-bond acceptors (Lipinski definition) is 7. The molecule has 0 spiro atoms. The lowest BCUT2D eigenvalue weighted by Gasteiger charge is -2.32. The Kier molecular flexibility index (Phi) is 7.89. The summed E-state index contributed by atoms with van der Waals surface area (Å²) in [6, 6.07) is 13.0. The van der Waals surface area contributed by atoms with Crippen molar-refractivity contribution in [2.45, 2.75) is 65.8 Å². The average molecular weight is 539 g/mol. The zero-order valence-corrected chi connectivity index (χ0v) is 23.7. The molecule has 0 saturated carbocycles. The molecule has 4 rings (SSSR count). The Morgan fingerprint density at radius 2 is 1.77 bits per heavy atom. The molecule has 1 atom stereocenters. The first-order valence-corrected chi connectivity index (χ1v) is 13.1. The van der Waals surface area contributed by atoms with Gasteiger partial charge < -0.3 is 34.2 Å². The number of primary amides is 1. The van der Waals surface area contributed by atoms with Crippen LogP contribution in [0, 0.1) is 5.41 Å². The van der Waals surface area contributed by atoms with Gasteiger partial charge in [-0.15, -0.1) is 0 Å². The fourth-order valence-corrected chi connectivity index (χ4v) is 4.22. The van der Waals surface area contributed by atoms with Crippen molar-refractivity contribution in [3.63, 3.8) is 0 Å². The minimum absolute atomic E-state index is 0.200. The normalized spacial score (nSPS) is 17.4. The van der Waals surface area contributed by atoms with Gasteiger partial charge in [-0.1, -0.05) is 32.9 Å². The summed E-state index contributed by atoms with van der Waals surface area (Å²) >= 11 is 0. The largest absolute Gasteiger partial charge is 0.494 e. The molecule has 2 heterocycles. The maximum atomic E-state index is 12.9. The SMILES string of the molecule is CC(C)(C)C(COCCOc1cccc(-n2c(=O)[nH]c3ccc(B4OC(C)(C)C(C)(C)O4)cc32)c1)OC(N)=O. The fraction of sp³-hybridized carbons (Fsp3) is 0.500. The van der Waals surface area contributed by atoms with E-state index < -0.39 is 30.5 Å².